The maximum absolute atomic E-state index is 11.8. The van der Waals surface area contributed by atoms with Crippen molar-refractivity contribution < 1.29 is 24.2 Å². The van der Waals surface area contributed by atoms with E-state index in [4.69, 9.17) is 9.47 Å². The predicted molar refractivity (Wildman–Crippen MR) is 82.6 cm³/mol. The number of allylic oxidation sites excluding steroid dienone is 1. The summed E-state index contributed by atoms with van der Waals surface area (Å²) in [6.45, 7) is 2.31. The molecule has 0 aliphatic heterocycles. The summed E-state index contributed by atoms with van der Waals surface area (Å²) in [5.41, 5.74) is 1.51. The van der Waals surface area contributed by atoms with E-state index in [2.05, 4.69) is 0 Å². The van der Waals surface area contributed by atoms with Gasteiger partial charge in [0.2, 0.25) is 0 Å². The number of phenols is 1. The molecule has 0 spiro atoms. The normalized spacial score (nSPS) is 12.7. The highest BCUT2D eigenvalue weighted by molar-refractivity contribution is 5.77. The summed E-state index contributed by atoms with van der Waals surface area (Å²) in [6.07, 6.45) is 3.11. The van der Waals surface area contributed by atoms with Gasteiger partial charge in [-0.05, 0) is 30.2 Å². The molecule has 0 aromatic heterocycles. The van der Waals surface area contributed by atoms with Crippen molar-refractivity contribution >= 4 is 12.3 Å². The van der Waals surface area contributed by atoms with Gasteiger partial charge >= 0.3 is 5.97 Å². The number of carbonyl (C=O) groups excluding carboxylic acids is 2. The zero-order chi connectivity index (χ0) is 16.4. The minimum Gasteiger partial charge on any atom is -0.508 e. The molecule has 22 heavy (non-hydrogen) atoms. The van der Waals surface area contributed by atoms with Crippen LogP contribution in [-0.2, 0) is 25.5 Å². The first kappa shape index (κ1) is 17.9. The van der Waals surface area contributed by atoms with Gasteiger partial charge in [0.25, 0.3) is 0 Å². The van der Waals surface area contributed by atoms with Crippen molar-refractivity contribution in [2.24, 2.45) is 5.92 Å². The highest BCUT2D eigenvalue weighted by Gasteiger charge is 2.18. The van der Waals surface area contributed by atoms with Crippen LogP contribution < -0.4 is 0 Å². The largest absolute Gasteiger partial charge is 0.508 e. The first-order chi connectivity index (χ1) is 10.6. The van der Waals surface area contributed by atoms with Crippen molar-refractivity contribution in [3.05, 3.63) is 41.5 Å². The van der Waals surface area contributed by atoms with E-state index >= 15 is 0 Å². The molecule has 5 nitrogen and oxygen atoms in total. The second-order valence-electron chi connectivity index (χ2n) is 4.90. The van der Waals surface area contributed by atoms with Crippen LogP contribution in [0.4, 0.5) is 0 Å². The Balaban J connectivity index is 2.43. The van der Waals surface area contributed by atoms with E-state index in [-0.39, 0.29) is 30.7 Å². The molecule has 1 rings (SSSR count). The van der Waals surface area contributed by atoms with E-state index in [9.17, 15) is 14.7 Å². The smallest absolute Gasteiger partial charge is 0.306 e. The molecule has 1 atom stereocenters. The summed E-state index contributed by atoms with van der Waals surface area (Å²) in [7, 11) is 1.53. The van der Waals surface area contributed by atoms with Crippen molar-refractivity contribution in [1.29, 1.82) is 0 Å². The maximum atomic E-state index is 11.8. The summed E-state index contributed by atoms with van der Waals surface area (Å²) in [5.74, 6) is -0.438. The van der Waals surface area contributed by atoms with Crippen LogP contribution in [0.25, 0.3) is 0 Å². The van der Waals surface area contributed by atoms with Gasteiger partial charge in [-0.25, -0.2) is 0 Å². The number of aldehydes is 1. The zero-order valence-corrected chi connectivity index (χ0v) is 13.0. The SMILES string of the molecule is C/C=C(/C=O)[C@@H](COC)CC(=O)OCCc1ccc(O)cc1. The van der Waals surface area contributed by atoms with Gasteiger partial charge in [-0.1, -0.05) is 18.2 Å². The summed E-state index contributed by atoms with van der Waals surface area (Å²) >= 11 is 0. The monoisotopic (exact) mass is 306 g/mol. The van der Waals surface area contributed by atoms with Crippen molar-refractivity contribution in [3.8, 4) is 5.75 Å². The molecular weight excluding hydrogens is 284 g/mol. The van der Waals surface area contributed by atoms with Gasteiger partial charge in [0.1, 0.15) is 12.0 Å². The highest BCUT2D eigenvalue weighted by atomic mass is 16.5. The fraction of sp³-hybridized carbons (Fsp3) is 0.412. The summed E-state index contributed by atoms with van der Waals surface area (Å²) < 4.78 is 10.2. The second-order valence-corrected chi connectivity index (χ2v) is 4.90. The molecule has 1 N–H and O–H groups in total. The molecule has 0 amide bonds. The lowest BCUT2D eigenvalue weighted by Crippen LogP contribution is -2.19. The molecule has 0 saturated heterocycles. The Morgan fingerprint density at radius 1 is 1.32 bits per heavy atom. The molecule has 0 bridgehead atoms. The molecule has 1 aromatic rings. The van der Waals surface area contributed by atoms with Crippen LogP contribution in [-0.4, -0.2) is 37.7 Å². The van der Waals surface area contributed by atoms with Crippen molar-refractivity contribution in [3.63, 3.8) is 0 Å². The maximum Gasteiger partial charge on any atom is 0.306 e. The number of hydrogen-bond acceptors (Lipinski definition) is 5. The topological polar surface area (TPSA) is 72.8 Å². The van der Waals surface area contributed by atoms with E-state index in [0.29, 0.717) is 18.6 Å². The lowest BCUT2D eigenvalue weighted by molar-refractivity contribution is -0.144. The van der Waals surface area contributed by atoms with E-state index in [1.165, 1.54) is 7.11 Å². The number of benzene rings is 1. The molecule has 0 saturated carbocycles. The molecule has 0 unspecified atom stereocenters. The van der Waals surface area contributed by atoms with Crippen molar-refractivity contribution in [2.45, 2.75) is 19.8 Å². The third-order valence-corrected chi connectivity index (χ3v) is 3.31. The summed E-state index contributed by atoms with van der Waals surface area (Å²) in [6, 6.07) is 6.74. The Morgan fingerprint density at radius 2 is 2.00 bits per heavy atom. The first-order valence-corrected chi connectivity index (χ1v) is 7.14. The first-order valence-electron chi connectivity index (χ1n) is 7.14. The van der Waals surface area contributed by atoms with Gasteiger partial charge < -0.3 is 14.6 Å². The molecule has 0 aliphatic carbocycles. The molecular formula is C17H22O5. The number of hydrogen-bond donors (Lipinski definition) is 1. The second kappa shape index (κ2) is 9.73. The summed E-state index contributed by atoms with van der Waals surface area (Å²) in [4.78, 5) is 22.8. The van der Waals surface area contributed by atoms with Crippen LogP contribution in [0.2, 0.25) is 0 Å². The van der Waals surface area contributed by atoms with Crippen LogP contribution in [0.15, 0.2) is 35.9 Å². The minimum absolute atomic E-state index is 0.113. The number of aromatic hydroxyl groups is 1. The Morgan fingerprint density at radius 3 is 2.55 bits per heavy atom. The van der Waals surface area contributed by atoms with Crippen LogP contribution >= 0.6 is 0 Å². The van der Waals surface area contributed by atoms with E-state index in [1.807, 2.05) is 0 Å². The fourth-order valence-corrected chi connectivity index (χ4v) is 2.08. The molecule has 0 heterocycles. The molecule has 0 aliphatic rings. The molecule has 1 aromatic carbocycles. The Bertz CT molecular complexity index is 504. The Kier molecular flexibility index (Phi) is 7.92. The lowest BCUT2D eigenvalue weighted by atomic mass is 9.97. The van der Waals surface area contributed by atoms with Crippen molar-refractivity contribution in [1.82, 2.24) is 0 Å². The zero-order valence-electron chi connectivity index (χ0n) is 13.0. The van der Waals surface area contributed by atoms with E-state index in [0.717, 1.165) is 11.8 Å². The number of rotatable bonds is 9. The average molecular weight is 306 g/mol. The van der Waals surface area contributed by atoms with Crippen LogP contribution in [0.5, 0.6) is 5.75 Å². The van der Waals surface area contributed by atoms with Crippen LogP contribution in [0, 0.1) is 5.92 Å². The fourth-order valence-electron chi connectivity index (χ4n) is 2.08. The Hall–Kier alpha value is -2.14. The Labute approximate surface area is 130 Å². The molecule has 0 radical (unpaired) electrons. The van der Waals surface area contributed by atoms with Gasteiger partial charge in [-0.15, -0.1) is 0 Å². The standard InChI is InChI=1S/C17H22O5/c1-3-14(11-18)15(12-21-2)10-17(20)22-9-8-13-4-6-16(19)7-5-13/h3-7,11,15,19H,8-10,12H2,1-2H3/b14-3-/t15-/m1/s1. The summed E-state index contributed by atoms with van der Waals surface area (Å²) in [5, 5.41) is 9.19. The van der Waals surface area contributed by atoms with E-state index in [1.54, 1.807) is 37.3 Å². The van der Waals surface area contributed by atoms with Crippen LogP contribution in [0.1, 0.15) is 18.9 Å². The minimum atomic E-state index is -0.359. The number of phenolic OH excluding ortho intramolecular Hbond substituents is 1. The van der Waals surface area contributed by atoms with Gasteiger partial charge in [0.15, 0.2) is 0 Å². The van der Waals surface area contributed by atoms with Gasteiger partial charge in [0.05, 0.1) is 19.6 Å². The average Bonchev–Trinajstić information content (AvgIpc) is 2.50. The number of esters is 1. The van der Waals surface area contributed by atoms with E-state index < -0.39 is 0 Å². The van der Waals surface area contributed by atoms with Crippen LogP contribution in [0.3, 0.4) is 0 Å². The number of ether oxygens (including phenoxy) is 2. The molecule has 0 fully saturated rings. The van der Waals surface area contributed by atoms with Gasteiger partial charge in [0, 0.05) is 19.4 Å². The van der Waals surface area contributed by atoms with Gasteiger partial charge in [-0.2, -0.15) is 0 Å². The van der Waals surface area contributed by atoms with Crippen molar-refractivity contribution in [2.75, 3.05) is 20.3 Å². The predicted octanol–water partition coefficient (Wildman–Crippen LogP) is 2.28. The highest BCUT2D eigenvalue weighted by Crippen LogP contribution is 2.15. The number of methoxy groups -OCH3 is 1. The lowest BCUT2D eigenvalue weighted by Gasteiger charge is -2.15. The molecule has 5 heteroatoms. The number of carbonyl (C=O) groups is 2. The van der Waals surface area contributed by atoms with Gasteiger partial charge in [-0.3, -0.25) is 9.59 Å². The third-order valence-electron chi connectivity index (χ3n) is 3.31. The quantitative estimate of drug-likeness (QED) is 0.430. The third kappa shape index (κ3) is 6.10. The molecule has 120 valence electrons.